The maximum Gasteiger partial charge on any atom is 0.257 e. The van der Waals surface area contributed by atoms with E-state index in [0.717, 1.165) is 16.3 Å². The van der Waals surface area contributed by atoms with Crippen molar-refractivity contribution in [2.24, 2.45) is 0 Å². The number of anilines is 1. The number of aryl methyl sites for hydroxylation is 2. The molecular weight excluding hydrogens is 389 g/mol. The standard InChI is InChI=1S/C19H15Cl2N3OS/c1-11-10-12(2)23-19(22-11)26-14-8-6-13(7-9-14)24-18(25)15-4-3-5-16(20)17(15)21/h3-10H,1-2H3,(H,24,25). The largest absolute Gasteiger partial charge is 0.322 e. The molecule has 0 fully saturated rings. The van der Waals surface area contributed by atoms with Crippen LogP contribution in [0.5, 0.6) is 0 Å². The van der Waals surface area contributed by atoms with Gasteiger partial charge in [0.1, 0.15) is 0 Å². The van der Waals surface area contributed by atoms with Gasteiger partial charge < -0.3 is 5.32 Å². The molecule has 0 bridgehead atoms. The molecule has 3 aromatic rings. The Morgan fingerprint density at radius 3 is 2.31 bits per heavy atom. The monoisotopic (exact) mass is 403 g/mol. The molecule has 0 saturated carbocycles. The van der Waals surface area contributed by atoms with E-state index in [1.165, 1.54) is 11.8 Å². The van der Waals surface area contributed by atoms with Crippen LogP contribution in [0.25, 0.3) is 0 Å². The van der Waals surface area contributed by atoms with Crippen LogP contribution in [0.4, 0.5) is 5.69 Å². The fraction of sp³-hybridized carbons (Fsp3) is 0.105. The number of hydrogen-bond acceptors (Lipinski definition) is 4. The minimum atomic E-state index is -0.310. The van der Waals surface area contributed by atoms with Crippen molar-refractivity contribution >= 4 is 46.6 Å². The third-order valence-corrected chi connectivity index (χ3v) is 5.17. The van der Waals surface area contributed by atoms with Gasteiger partial charge in [-0.25, -0.2) is 9.97 Å². The lowest BCUT2D eigenvalue weighted by Crippen LogP contribution is -2.12. The predicted molar refractivity (Wildman–Crippen MR) is 106 cm³/mol. The van der Waals surface area contributed by atoms with Gasteiger partial charge in [-0.1, -0.05) is 29.3 Å². The van der Waals surface area contributed by atoms with Crippen molar-refractivity contribution in [2.45, 2.75) is 23.9 Å². The number of nitrogens with one attached hydrogen (secondary N) is 1. The molecule has 4 nitrogen and oxygen atoms in total. The maximum atomic E-state index is 12.4. The highest BCUT2D eigenvalue weighted by Gasteiger charge is 2.13. The van der Waals surface area contributed by atoms with E-state index in [1.54, 1.807) is 18.2 Å². The lowest BCUT2D eigenvalue weighted by Gasteiger charge is -2.08. The average Bonchev–Trinajstić information content (AvgIpc) is 2.58. The highest BCUT2D eigenvalue weighted by molar-refractivity contribution is 7.99. The lowest BCUT2D eigenvalue weighted by molar-refractivity contribution is 0.102. The molecule has 1 N–H and O–H groups in total. The maximum absolute atomic E-state index is 12.4. The first-order valence-corrected chi connectivity index (χ1v) is 9.35. The molecule has 2 aromatic carbocycles. The number of hydrogen-bond donors (Lipinski definition) is 1. The average molecular weight is 404 g/mol. The van der Waals surface area contributed by atoms with Crippen LogP contribution in [0.3, 0.4) is 0 Å². The van der Waals surface area contributed by atoms with Crippen molar-refractivity contribution in [3.63, 3.8) is 0 Å². The number of nitrogens with zero attached hydrogens (tertiary/aromatic N) is 2. The molecule has 0 aliphatic heterocycles. The van der Waals surface area contributed by atoms with E-state index in [-0.39, 0.29) is 10.9 Å². The smallest absolute Gasteiger partial charge is 0.257 e. The number of carbonyl (C=O) groups is 1. The summed E-state index contributed by atoms with van der Waals surface area (Å²) in [4.78, 5) is 22.2. The van der Waals surface area contributed by atoms with Crippen molar-refractivity contribution in [1.29, 1.82) is 0 Å². The van der Waals surface area contributed by atoms with E-state index < -0.39 is 0 Å². The highest BCUT2D eigenvalue weighted by Crippen LogP contribution is 2.28. The molecule has 1 amide bonds. The van der Waals surface area contributed by atoms with Crippen molar-refractivity contribution in [2.75, 3.05) is 5.32 Å². The molecule has 132 valence electrons. The van der Waals surface area contributed by atoms with Crippen molar-refractivity contribution < 1.29 is 4.79 Å². The minimum Gasteiger partial charge on any atom is -0.322 e. The van der Waals surface area contributed by atoms with E-state index in [2.05, 4.69) is 15.3 Å². The minimum absolute atomic E-state index is 0.241. The van der Waals surface area contributed by atoms with E-state index in [0.29, 0.717) is 21.4 Å². The zero-order valence-corrected chi connectivity index (χ0v) is 16.4. The molecule has 0 aliphatic rings. The van der Waals surface area contributed by atoms with Gasteiger partial charge in [0.15, 0.2) is 5.16 Å². The summed E-state index contributed by atoms with van der Waals surface area (Å²) >= 11 is 13.5. The zero-order valence-electron chi connectivity index (χ0n) is 14.1. The molecule has 0 aliphatic carbocycles. The van der Waals surface area contributed by atoms with Crippen LogP contribution >= 0.6 is 35.0 Å². The Morgan fingerprint density at radius 1 is 1.00 bits per heavy atom. The van der Waals surface area contributed by atoms with Crippen LogP contribution in [0.2, 0.25) is 10.0 Å². The van der Waals surface area contributed by atoms with Crippen molar-refractivity contribution in [3.8, 4) is 0 Å². The second-order valence-corrected chi connectivity index (χ2v) is 7.44. The number of aromatic nitrogens is 2. The summed E-state index contributed by atoms with van der Waals surface area (Å²) in [5.74, 6) is -0.310. The Kier molecular flexibility index (Phi) is 5.81. The SMILES string of the molecule is Cc1cc(C)nc(Sc2ccc(NC(=O)c3cccc(Cl)c3Cl)cc2)n1. The Balaban J connectivity index is 1.71. The van der Waals surface area contributed by atoms with Gasteiger partial charge in [-0.3, -0.25) is 4.79 Å². The summed E-state index contributed by atoms with van der Waals surface area (Å²) in [7, 11) is 0. The van der Waals surface area contributed by atoms with Gasteiger partial charge in [-0.2, -0.15) is 0 Å². The van der Waals surface area contributed by atoms with Gasteiger partial charge in [0.2, 0.25) is 0 Å². The first kappa shape index (κ1) is 18.7. The highest BCUT2D eigenvalue weighted by atomic mass is 35.5. The molecule has 0 saturated heterocycles. The van der Waals surface area contributed by atoms with E-state index in [1.807, 2.05) is 44.2 Å². The predicted octanol–water partition coefficient (Wildman–Crippen LogP) is 5.80. The molecule has 0 radical (unpaired) electrons. The van der Waals surface area contributed by atoms with Crippen LogP contribution in [-0.2, 0) is 0 Å². The molecule has 1 heterocycles. The molecular formula is C19H15Cl2N3OS. The van der Waals surface area contributed by atoms with Crippen LogP contribution in [-0.4, -0.2) is 15.9 Å². The van der Waals surface area contributed by atoms with Crippen LogP contribution in [0, 0.1) is 13.8 Å². The fourth-order valence-electron chi connectivity index (χ4n) is 2.33. The third-order valence-electron chi connectivity index (χ3n) is 3.48. The van der Waals surface area contributed by atoms with Gasteiger partial charge in [-0.15, -0.1) is 0 Å². The molecule has 1 aromatic heterocycles. The number of rotatable bonds is 4. The summed E-state index contributed by atoms with van der Waals surface area (Å²) in [6.07, 6.45) is 0. The van der Waals surface area contributed by atoms with E-state index in [4.69, 9.17) is 23.2 Å². The second kappa shape index (κ2) is 8.08. The number of amides is 1. The van der Waals surface area contributed by atoms with Crippen molar-refractivity contribution in [3.05, 3.63) is 75.5 Å². The summed E-state index contributed by atoms with van der Waals surface area (Å²) in [5.41, 5.74) is 2.86. The van der Waals surface area contributed by atoms with Gasteiger partial charge >= 0.3 is 0 Å². The Morgan fingerprint density at radius 2 is 1.65 bits per heavy atom. The van der Waals surface area contributed by atoms with Crippen LogP contribution in [0.1, 0.15) is 21.7 Å². The molecule has 7 heteroatoms. The first-order valence-electron chi connectivity index (χ1n) is 7.78. The van der Waals surface area contributed by atoms with Gasteiger partial charge in [-0.05, 0) is 68.1 Å². The lowest BCUT2D eigenvalue weighted by atomic mass is 10.2. The molecule has 0 unspecified atom stereocenters. The van der Waals surface area contributed by atoms with Gasteiger partial charge in [0.25, 0.3) is 5.91 Å². The van der Waals surface area contributed by atoms with E-state index >= 15 is 0 Å². The zero-order chi connectivity index (χ0) is 18.7. The topological polar surface area (TPSA) is 54.9 Å². The van der Waals surface area contributed by atoms with Crippen molar-refractivity contribution in [1.82, 2.24) is 9.97 Å². The molecule has 26 heavy (non-hydrogen) atoms. The summed E-state index contributed by atoms with van der Waals surface area (Å²) in [6, 6.07) is 14.3. The number of carbonyl (C=O) groups excluding carboxylic acids is 1. The quantitative estimate of drug-likeness (QED) is 0.558. The second-order valence-electron chi connectivity index (χ2n) is 5.62. The Bertz CT molecular complexity index is 941. The van der Waals surface area contributed by atoms with E-state index in [9.17, 15) is 4.79 Å². The summed E-state index contributed by atoms with van der Waals surface area (Å²) < 4.78 is 0. The molecule has 3 rings (SSSR count). The Labute approximate surface area is 166 Å². The first-order chi connectivity index (χ1) is 12.4. The van der Waals surface area contributed by atoms with Gasteiger partial charge in [0, 0.05) is 22.0 Å². The summed E-state index contributed by atoms with van der Waals surface area (Å²) in [5, 5.41) is 4.10. The van der Waals surface area contributed by atoms with Crippen LogP contribution in [0.15, 0.2) is 58.6 Å². The van der Waals surface area contributed by atoms with Crippen LogP contribution < -0.4 is 5.32 Å². The third kappa shape index (κ3) is 4.55. The Hall–Kier alpha value is -2.08. The molecule has 0 spiro atoms. The fourth-order valence-corrected chi connectivity index (χ4v) is 3.58. The van der Waals surface area contributed by atoms with Gasteiger partial charge in [0.05, 0.1) is 15.6 Å². The summed E-state index contributed by atoms with van der Waals surface area (Å²) in [6.45, 7) is 3.89. The number of halogens is 2. The number of benzene rings is 2. The normalized spacial score (nSPS) is 10.6. The molecule has 0 atom stereocenters.